The monoisotopic (exact) mass is 550 g/mol. The number of halogens is 2. The number of carbonyl (C=O) groups excluding carboxylic acids is 2. The number of nitrogens with zero attached hydrogens (tertiary/aromatic N) is 2. The first kappa shape index (κ1) is 27.8. The highest BCUT2D eigenvalue weighted by Crippen LogP contribution is 2.52. The summed E-state index contributed by atoms with van der Waals surface area (Å²) in [7, 11) is 3.21. The molecule has 1 unspecified atom stereocenters. The molecule has 2 amide bonds. The smallest absolute Gasteiger partial charge is 0.310 e. The van der Waals surface area contributed by atoms with Crippen molar-refractivity contribution in [3.63, 3.8) is 0 Å². The van der Waals surface area contributed by atoms with Gasteiger partial charge < -0.3 is 29.6 Å². The van der Waals surface area contributed by atoms with Gasteiger partial charge in [-0.05, 0) is 40.2 Å². The number of likely N-dealkylation sites (N-methyl/N-ethyl adjacent to an activating group) is 1. The second kappa shape index (κ2) is 9.81. The molecule has 0 spiro atoms. The van der Waals surface area contributed by atoms with Gasteiger partial charge >= 0.3 is 5.92 Å². The number of fused-ring (bicyclic) bond motifs is 1. The Kier molecular flexibility index (Phi) is 7.17. The summed E-state index contributed by atoms with van der Waals surface area (Å²) in [6.45, 7) is 5.83. The number of likely N-dealkylation sites (tertiary alicyclic amines) is 1. The number of aromatic nitrogens is 2. The maximum atomic E-state index is 15.5. The number of amides is 2. The van der Waals surface area contributed by atoms with Crippen LogP contribution in [0.15, 0.2) is 17.1 Å². The molecule has 0 saturated carbocycles. The largest absolute Gasteiger partial charge is 0.490 e. The van der Waals surface area contributed by atoms with Crippen molar-refractivity contribution < 1.29 is 28.2 Å². The van der Waals surface area contributed by atoms with Crippen LogP contribution in [0.5, 0.6) is 5.75 Å². The molecule has 1 saturated heterocycles. The number of hydrogen-bond donors (Lipinski definition) is 3. The number of alkyl halides is 2. The van der Waals surface area contributed by atoms with Crippen LogP contribution in [0.25, 0.3) is 21.3 Å². The van der Waals surface area contributed by atoms with Gasteiger partial charge in [0.25, 0.3) is 11.5 Å². The molecule has 206 valence electrons. The van der Waals surface area contributed by atoms with Gasteiger partial charge in [-0.3, -0.25) is 14.4 Å². The van der Waals surface area contributed by atoms with Crippen molar-refractivity contribution in [1.29, 1.82) is 0 Å². The second-order valence-electron chi connectivity index (χ2n) is 10.1. The first-order chi connectivity index (χ1) is 17.7. The molecule has 1 aliphatic rings. The van der Waals surface area contributed by atoms with E-state index < -0.39 is 17.4 Å². The molecule has 0 aromatic carbocycles. The third-order valence-corrected chi connectivity index (χ3v) is 8.37. The van der Waals surface area contributed by atoms with E-state index in [0.29, 0.717) is 35.2 Å². The van der Waals surface area contributed by atoms with E-state index in [-0.39, 0.29) is 51.5 Å². The van der Waals surface area contributed by atoms with Crippen LogP contribution in [0, 0.1) is 6.92 Å². The Bertz CT molecular complexity index is 1470. The number of carbonyl (C=O) groups is 2. The van der Waals surface area contributed by atoms with Crippen LogP contribution in [-0.4, -0.2) is 63.2 Å². The lowest BCUT2D eigenvalue weighted by atomic mass is 9.97. The highest BCUT2D eigenvalue weighted by molar-refractivity contribution is 7.16. The molecular formula is C26H32F2N4O5S. The minimum absolute atomic E-state index is 0.0138. The van der Waals surface area contributed by atoms with Gasteiger partial charge in [0.2, 0.25) is 5.91 Å². The normalized spacial score (nSPS) is 16.5. The summed E-state index contributed by atoms with van der Waals surface area (Å²) in [6, 6.07) is 1.30. The Labute approximate surface area is 222 Å². The van der Waals surface area contributed by atoms with Crippen LogP contribution in [0.4, 0.5) is 8.78 Å². The zero-order valence-corrected chi connectivity index (χ0v) is 23.0. The molecule has 0 radical (unpaired) electrons. The standard InChI is InChI=1S/C26H32F2N4O5S/c1-7-29-23(34)17-10-15-16(11-31(5)24(35)19(15)30-17)21-20(37-12-14-8-9-18(33)32(14)6)13(2)22(38-21)26(27,28)25(3,4)36/h10-11,14,30,36H,7-9,12H2,1-6H3,(H,29,34). The van der Waals surface area contributed by atoms with E-state index in [1.165, 1.54) is 30.8 Å². The first-order valence-electron chi connectivity index (χ1n) is 12.3. The number of nitrogens with one attached hydrogen (secondary N) is 2. The molecule has 3 N–H and O–H groups in total. The average Bonchev–Trinajstić information content (AvgIpc) is 3.51. The maximum absolute atomic E-state index is 15.5. The van der Waals surface area contributed by atoms with E-state index >= 15 is 8.78 Å². The first-order valence-corrected chi connectivity index (χ1v) is 13.1. The fourth-order valence-corrected chi connectivity index (χ4v) is 5.96. The lowest BCUT2D eigenvalue weighted by Gasteiger charge is -2.28. The quantitative estimate of drug-likeness (QED) is 0.397. The van der Waals surface area contributed by atoms with Crippen molar-refractivity contribution in [2.75, 3.05) is 20.2 Å². The molecule has 1 aliphatic heterocycles. The van der Waals surface area contributed by atoms with E-state index in [4.69, 9.17) is 4.74 Å². The number of pyridine rings is 1. The highest BCUT2D eigenvalue weighted by atomic mass is 32.1. The number of thiophene rings is 1. The molecule has 38 heavy (non-hydrogen) atoms. The van der Waals surface area contributed by atoms with E-state index in [9.17, 15) is 19.5 Å². The predicted octanol–water partition coefficient (Wildman–Crippen LogP) is 3.52. The van der Waals surface area contributed by atoms with Gasteiger partial charge in [-0.2, -0.15) is 8.78 Å². The maximum Gasteiger partial charge on any atom is 0.310 e. The van der Waals surface area contributed by atoms with Crippen molar-refractivity contribution in [2.45, 2.75) is 58.1 Å². The molecule has 3 aromatic rings. The van der Waals surface area contributed by atoms with E-state index in [0.717, 1.165) is 25.2 Å². The van der Waals surface area contributed by atoms with Crippen LogP contribution in [-0.2, 0) is 17.8 Å². The lowest BCUT2D eigenvalue weighted by molar-refractivity contribution is -0.166. The Balaban J connectivity index is 1.92. The molecule has 9 nitrogen and oxygen atoms in total. The van der Waals surface area contributed by atoms with Gasteiger partial charge in [0, 0.05) is 49.8 Å². The summed E-state index contributed by atoms with van der Waals surface area (Å²) < 4.78 is 38.4. The van der Waals surface area contributed by atoms with Crippen molar-refractivity contribution in [1.82, 2.24) is 19.8 Å². The molecule has 0 bridgehead atoms. The predicted molar refractivity (Wildman–Crippen MR) is 141 cm³/mol. The minimum Gasteiger partial charge on any atom is -0.490 e. The van der Waals surface area contributed by atoms with Crippen LogP contribution >= 0.6 is 11.3 Å². The summed E-state index contributed by atoms with van der Waals surface area (Å²) in [6.07, 6.45) is 2.49. The molecule has 1 fully saturated rings. The number of H-pyrrole nitrogens is 1. The van der Waals surface area contributed by atoms with Gasteiger partial charge in [0.05, 0.1) is 15.8 Å². The Morgan fingerprint density at radius 2 is 2.00 bits per heavy atom. The SMILES string of the molecule is CCNC(=O)c1cc2c(-c3sc(C(F)(F)C(C)(C)O)c(C)c3OCC3CCC(=O)N3C)cn(C)c(=O)c2[nH]1. The Morgan fingerprint density at radius 1 is 1.32 bits per heavy atom. The summed E-state index contributed by atoms with van der Waals surface area (Å²) in [5.74, 6) is -3.84. The molecule has 3 aromatic heterocycles. The third kappa shape index (κ3) is 4.60. The van der Waals surface area contributed by atoms with Crippen molar-refractivity contribution in [3.8, 4) is 16.2 Å². The Hall–Kier alpha value is -3.25. The van der Waals surface area contributed by atoms with E-state index in [2.05, 4.69) is 10.3 Å². The van der Waals surface area contributed by atoms with Crippen molar-refractivity contribution >= 4 is 34.1 Å². The molecule has 1 atom stereocenters. The molecule has 4 rings (SSSR count). The zero-order chi connectivity index (χ0) is 28.2. The molecule has 0 aliphatic carbocycles. The van der Waals surface area contributed by atoms with Gasteiger partial charge in [0.15, 0.2) is 0 Å². The second-order valence-corrected chi connectivity index (χ2v) is 11.2. The number of rotatable bonds is 8. The Morgan fingerprint density at radius 3 is 2.58 bits per heavy atom. The van der Waals surface area contributed by atoms with Crippen LogP contribution in [0.1, 0.15) is 54.5 Å². The number of aryl methyl sites for hydroxylation is 1. The molecule has 12 heteroatoms. The van der Waals surface area contributed by atoms with Gasteiger partial charge in [-0.1, -0.05) is 0 Å². The summed E-state index contributed by atoms with van der Waals surface area (Å²) in [5.41, 5.74) is -1.84. The highest BCUT2D eigenvalue weighted by Gasteiger charge is 2.50. The number of hydrogen-bond acceptors (Lipinski definition) is 6. The third-order valence-electron chi connectivity index (χ3n) is 6.99. The summed E-state index contributed by atoms with van der Waals surface area (Å²) in [5, 5.41) is 13.4. The van der Waals surface area contributed by atoms with Gasteiger partial charge in [0.1, 0.15) is 29.2 Å². The van der Waals surface area contributed by atoms with Crippen LogP contribution < -0.4 is 15.6 Å². The number of ether oxygens (including phenoxy) is 1. The van der Waals surface area contributed by atoms with Crippen molar-refractivity contribution in [3.05, 3.63) is 38.8 Å². The topological polar surface area (TPSA) is 117 Å². The van der Waals surface area contributed by atoms with E-state index in [1.54, 1.807) is 18.9 Å². The fraction of sp³-hybridized carbons (Fsp3) is 0.500. The van der Waals surface area contributed by atoms with Crippen LogP contribution in [0.3, 0.4) is 0 Å². The van der Waals surface area contributed by atoms with Gasteiger partial charge in [-0.25, -0.2) is 0 Å². The molecule has 4 heterocycles. The fourth-order valence-electron chi connectivity index (χ4n) is 4.56. The molecular weight excluding hydrogens is 518 g/mol. The minimum atomic E-state index is -3.61. The number of aromatic amines is 1. The van der Waals surface area contributed by atoms with Crippen LogP contribution in [0.2, 0.25) is 0 Å². The van der Waals surface area contributed by atoms with E-state index in [1.807, 2.05) is 0 Å². The lowest BCUT2D eigenvalue weighted by Crippen LogP contribution is -2.40. The van der Waals surface area contributed by atoms with Gasteiger partial charge in [-0.15, -0.1) is 11.3 Å². The number of aliphatic hydroxyl groups is 1. The zero-order valence-electron chi connectivity index (χ0n) is 22.2. The summed E-state index contributed by atoms with van der Waals surface area (Å²) >= 11 is 0.769. The summed E-state index contributed by atoms with van der Waals surface area (Å²) in [4.78, 5) is 41.8. The van der Waals surface area contributed by atoms with Crippen molar-refractivity contribution in [2.24, 2.45) is 7.05 Å². The average molecular weight is 551 g/mol.